The molecule has 5 rings (SSSR count). The Balaban J connectivity index is 1.55. The molecule has 1 aliphatic heterocycles. The molecular weight excluding hydrogens is 372 g/mol. The van der Waals surface area contributed by atoms with Gasteiger partial charge in [0.1, 0.15) is 6.04 Å². The van der Waals surface area contributed by atoms with Crippen molar-refractivity contribution in [2.24, 2.45) is 29.1 Å². The van der Waals surface area contributed by atoms with Crippen LogP contribution in [0.3, 0.4) is 0 Å². The summed E-state index contributed by atoms with van der Waals surface area (Å²) in [6, 6.07) is -0.697. The van der Waals surface area contributed by atoms with E-state index >= 15 is 0 Å². The number of nitrogens with one attached hydrogen (secondary N) is 1. The zero-order chi connectivity index (χ0) is 20.6. The van der Waals surface area contributed by atoms with Gasteiger partial charge in [0, 0.05) is 6.54 Å². The van der Waals surface area contributed by atoms with Crippen LogP contribution >= 0.6 is 0 Å². The van der Waals surface area contributed by atoms with Crippen molar-refractivity contribution in [3.63, 3.8) is 0 Å². The Morgan fingerprint density at radius 1 is 1.00 bits per heavy atom. The number of ether oxygens (including phenoxy) is 2. The van der Waals surface area contributed by atoms with Gasteiger partial charge in [-0.1, -0.05) is 6.42 Å². The molecule has 0 aromatic carbocycles. The van der Waals surface area contributed by atoms with E-state index in [1.807, 2.05) is 0 Å². The topological polar surface area (TPSA) is 84.9 Å². The van der Waals surface area contributed by atoms with Crippen molar-refractivity contribution in [2.45, 2.75) is 57.4 Å². The molecule has 5 aliphatic rings. The molecule has 7 nitrogen and oxygen atoms in total. The number of esters is 2. The minimum atomic E-state index is -0.740. The number of methoxy groups -OCH3 is 2. The number of amides is 1. The van der Waals surface area contributed by atoms with Crippen molar-refractivity contribution in [1.82, 2.24) is 10.2 Å². The first-order valence-electron chi connectivity index (χ1n) is 11.2. The average Bonchev–Trinajstić information content (AvgIpc) is 2.72. The van der Waals surface area contributed by atoms with Crippen molar-refractivity contribution in [3.05, 3.63) is 0 Å². The number of piperidine rings is 1. The maximum Gasteiger partial charge on any atom is 0.329 e. The standard InChI is InChI=1S/C22H34N2O5/c1-28-19(25)17(13-24-6-4-3-5-7-24)23-21(27)22-11-14-8-15(12-22)10-16(9-14)18(22)20(26)29-2/h14-18H,3-13H2,1-2H3,(H,23,27). The molecule has 4 aliphatic carbocycles. The van der Waals surface area contributed by atoms with Gasteiger partial charge in [-0.05, 0) is 75.8 Å². The minimum absolute atomic E-state index is 0.153. The number of nitrogens with zero attached hydrogens (tertiary/aromatic N) is 1. The number of hydrogen-bond donors (Lipinski definition) is 1. The van der Waals surface area contributed by atoms with Crippen LogP contribution in [0, 0.1) is 29.1 Å². The lowest BCUT2D eigenvalue weighted by atomic mass is 9.44. The molecule has 1 saturated heterocycles. The lowest BCUT2D eigenvalue weighted by Gasteiger charge is -2.59. The van der Waals surface area contributed by atoms with Crippen LogP contribution < -0.4 is 5.32 Å². The summed E-state index contributed by atoms with van der Waals surface area (Å²) in [5, 5.41) is 3.02. The van der Waals surface area contributed by atoms with Crippen LogP contribution in [0.15, 0.2) is 0 Å². The second-order valence-electron chi connectivity index (χ2n) is 9.67. The van der Waals surface area contributed by atoms with Crippen LogP contribution in [-0.2, 0) is 23.9 Å². The van der Waals surface area contributed by atoms with Crippen LogP contribution in [-0.4, -0.2) is 62.6 Å². The lowest BCUT2D eigenvalue weighted by molar-refractivity contribution is -0.181. The van der Waals surface area contributed by atoms with Gasteiger partial charge in [0.25, 0.3) is 0 Å². The van der Waals surface area contributed by atoms with Gasteiger partial charge in [-0.15, -0.1) is 0 Å². The molecule has 4 bridgehead atoms. The number of rotatable bonds is 6. The van der Waals surface area contributed by atoms with E-state index < -0.39 is 23.3 Å². The Kier molecular flexibility index (Phi) is 5.87. The highest BCUT2D eigenvalue weighted by atomic mass is 16.5. The summed E-state index contributed by atoms with van der Waals surface area (Å²) >= 11 is 0. The first-order chi connectivity index (χ1) is 14.0. The normalized spacial score (nSPS) is 37.0. The SMILES string of the molecule is COC(=O)C(CN1CCCCC1)NC(=O)C12CC3CC(CC(C3)C1C(=O)OC)C2. The number of hydrogen-bond acceptors (Lipinski definition) is 6. The molecule has 5 fully saturated rings. The fourth-order valence-electron chi connectivity index (χ4n) is 6.94. The lowest BCUT2D eigenvalue weighted by Crippen LogP contribution is -2.63. The molecule has 4 saturated carbocycles. The van der Waals surface area contributed by atoms with Crippen molar-refractivity contribution >= 4 is 17.8 Å². The monoisotopic (exact) mass is 406 g/mol. The van der Waals surface area contributed by atoms with E-state index in [1.165, 1.54) is 20.6 Å². The van der Waals surface area contributed by atoms with Crippen molar-refractivity contribution in [3.8, 4) is 0 Å². The third kappa shape index (κ3) is 3.78. The second kappa shape index (κ2) is 8.25. The molecule has 162 valence electrons. The molecule has 0 aromatic rings. The zero-order valence-corrected chi connectivity index (χ0v) is 17.7. The quantitative estimate of drug-likeness (QED) is 0.677. The molecule has 1 amide bonds. The van der Waals surface area contributed by atoms with Gasteiger partial charge in [-0.25, -0.2) is 4.79 Å². The molecule has 4 unspecified atom stereocenters. The van der Waals surface area contributed by atoms with E-state index in [0.29, 0.717) is 18.4 Å². The van der Waals surface area contributed by atoms with E-state index in [1.54, 1.807) is 0 Å². The molecule has 1 N–H and O–H groups in total. The van der Waals surface area contributed by atoms with Gasteiger partial charge >= 0.3 is 11.9 Å². The zero-order valence-electron chi connectivity index (χ0n) is 17.7. The third-order valence-electron chi connectivity index (χ3n) is 7.90. The summed E-state index contributed by atoms with van der Waals surface area (Å²) in [4.78, 5) is 41.0. The van der Waals surface area contributed by atoms with Crippen molar-refractivity contribution in [2.75, 3.05) is 33.9 Å². The molecule has 0 spiro atoms. The Hall–Kier alpha value is -1.63. The van der Waals surface area contributed by atoms with Crippen LogP contribution in [0.1, 0.15) is 51.4 Å². The van der Waals surface area contributed by atoms with E-state index in [4.69, 9.17) is 9.47 Å². The van der Waals surface area contributed by atoms with Gasteiger partial charge in [-0.2, -0.15) is 0 Å². The molecule has 4 atom stereocenters. The van der Waals surface area contributed by atoms with Crippen LogP contribution in [0.25, 0.3) is 0 Å². The molecule has 0 aromatic heterocycles. The highest BCUT2D eigenvalue weighted by Crippen LogP contribution is 2.63. The van der Waals surface area contributed by atoms with Crippen LogP contribution in [0.2, 0.25) is 0 Å². The first-order valence-corrected chi connectivity index (χ1v) is 11.2. The summed E-state index contributed by atoms with van der Waals surface area (Å²) in [5.74, 6) is -0.0142. The first kappa shape index (κ1) is 20.6. The number of likely N-dealkylation sites (tertiary alicyclic amines) is 1. The van der Waals surface area contributed by atoms with Crippen molar-refractivity contribution < 1.29 is 23.9 Å². The predicted molar refractivity (Wildman–Crippen MR) is 106 cm³/mol. The molecule has 1 heterocycles. The Labute approximate surface area is 172 Å². The number of carbonyl (C=O) groups is 3. The Bertz CT molecular complexity index is 646. The molecule has 0 radical (unpaired) electrons. The molecule has 29 heavy (non-hydrogen) atoms. The van der Waals surface area contributed by atoms with Crippen LogP contribution in [0.5, 0.6) is 0 Å². The minimum Gasteiger partial charge on any atom is -0.469 e. The maximum atomic E-state index is 13.7. The fraction of sp³-hybridized carbons (Fsp3) is 0.864. The van der Waals surface area contributed by atoms with E-state index in [2.05, 4.69) is 10.2 Å². The maximum absolute atomic E-state index is 13.7. The number of carbonyl (C=O) groups excluding carboxylic acids is 3. The average molecular weight is 407 g/mol. The molecular formula is C22H34N2O5. The van der Waals surface area contributed by atoms with Gasteiger partial charge < -0.3 is 19.7 Å². The van der Waals surface area contributed by atoms with Crippen molar-refractivity contribution in [1.29, 1.82) is 0 Å². The molecule has 7 heteroatoms. The Morgan fingerprint density at radius 2 is 1.66 bits per heavy atom. The summed E-state index contributed by atoms with van der Waals surface area (Å²) < 4.78 is 10.1. The smallest absolute Gasteiger partial charge is 0.329 e. The van der Waals surface area contributed by atoms with E-state index in [9.17, 15) is 14.4 Å². The van der Waals surface area contributed by atoms with Crippen LogP contribution in [0.4, 0.5) is 0 Å². The third-order valence-corrected chi connectivity index (χ3v) is 7.90. The van der Waals surface area contributed by atoms with E-state index in [-0.39, 0.29) is 17.8 Å². The van der Waals surface area contributed by atoms with Gasteiger partial charge in [0.15, 0.2) is 0 Å². The van der Waals surface area contributed by atoms with E-state index in [0.717, 1.165) is 58.0 Å². The second-order valence-corrected chi connectivity index (χ2v) is 9.67. The highest BCUT2D eigenvalue weighted by molar-refractivity contribution is 5.92. The summed E-state index contributed by atoms with van der Waals surface area (Å²) in [6.45, 7) is 2.34. The largest absolute Gasteiger partial charge is 0.469 e. The predicted octanol–water partition coefficient (Wildman–Crippen LogP) is 1.75. The summed E-state index contributed by atoms with van der Waals surface area (Å²) in [7, 11) is 2.77. The van der Waals surface area contributed by atoms with Gasteiger partial charge in [-0.3, -0.25) is 9.59 Å². The summed E-state index contributed by atoms with van der Waals surface area (Å²) in [6.07, 6.45) is 8.07. The fourth-order valence-corrected chi connectivity index (χ4v) is 6.94. The van der Waals surface area contributed by atoms with Gasteiger partial charge in [0.2, 0.25) is 5.91 Å². The highest BCUT2D eigenvalue weighted by Gasteiger charge is 2.63. The summed E-state index contributed by atoms with van der Waals surface area (Å²) in [5.41, 5.74) is -0.740. The van der Waals surface area contributed by atoms with Gasteiger partial charge in [0.05, 0.1) is 25.6 Å². The Morgan fingerprint density at radius 3 is 2.24 bits per heavy atom.